The summed E-state index contributed by atoms with van der Waals surface area (Å²) in [5.74, 6) is 0. The molecule has 0 saturated carbocycles. The third kappa shape index (κ3) is 8.34. The van der Waals surface area contributed by atoms with Crippen LogP contribution in [0.15, 0.2) is 72.8 Å². The second-order valence-corrected chi connectivity index (χ2v) is 4.94. The van der Waals surface area contributed by atoms with Crippen molar-refractivity contribution < 1.29 is 17.1 Å². The third-order valence-electron chi connectivity index (χ3n) is 3.26. The van der Waals surface area contributed by atoms with E-state index in [9.17, 15) is 0 Å². The Morgan fingerprint density at radius 3 is 1.33 bits per heavy atom. The summed E-state index contributed by atoms with van der Waals surface area (Å²) in [5, 5.41) is 0. The molecule has 0 aromatic heterocycles. The molecule has 3 aromatic carbocycles. The Bertz CT molecular complexity index is 522. The summed E-state index contributed by atoms with van der Waals surface area (Å²) in [6.45, 7) is 8.52. The molecule has 0 atom stereocenters. The molecule has 3 aromatic rings. The molecule has 0 radical (unpaired) electrons. The Morgan fingerprint density at radius 2 is 1.10 bits per heavy atom. The van der Waals surface area contributed by atoms with Gasteiger partial charge < -0.3 is 30.3 Å². The van der Waals surface area contributed by atoms with Gasteiger partial charge in [-0.15, -0.1) is 0 Å². The van der Waals surface area contributed by atoms with E-state index in [0.29, 0.717) is 0 Å². The van der Waals surface area contributed by atoms with E-state index in [2.05, 4.69) is 58.0 Å². The van der Waals surface area contributed by atoms with Crippen LogP contribution in [0.2, 0.25) is 0 Å². The zero-order valence-electron chi connectivity index (χ0n) is 13.3. The first kappa shape index (κ1) is 19.4. The van der Waals surface area contributed by atoms with Gasteiger partial charge in [0.15, 0.2) is 0 Å². The van der Waals surface area contributed by atoms with Crippen molar-refractivity contribution in [1.29, 1.82) is 0 Å². The van der Waals surface area contributed by atoms with Crippen LogP contribution in [0, 0.1) is 27.7 Å². The Morgan fingerprint density at radius 1 is 0.714 bits per heavy atom. The molecular formula is C20H24Fe-6. The van der Waals surface area contributed by atoms with Crippen molar-refractivity contribution >= 4 is 0 Å². The van der Waals surface area contributed by atoms with Crippen LogP contribution < -0.4 is 0 Å². The molecule has 0 saturated heterocycles. The van der Waals surface area contributed by atoms with Crippen molar-refractivity contribution in [3.63, 3.8) is 0 Å². The predicted octanol–water partition coefficient (Wildman–Crippen LogP) is 5.73. The SMILES string of the molecule is C[c-]1cccc1.Cc1cccc(C)c1C.[Fe].[cH-]1[cH-][cH-][cH-][cH-]1. The Balaban J connectivity index is 0.000000292. The summed E-state index contributed by atoms with van der Waals surface area (Å²) < 4.78 is 0. The van der Waals surface area contributed by atoms with Gasteiger partial charge >= 0.3 is 0 Å². The first-order valence-corrected chi connectivity index (χ1v) is 6.99. The molecular weight excluding hydrogens is 296 g/mol. The summed E-state index contributed by atoms with van der Waals surface area (Å²) in [6.07, 6.45) is 0. The van der Waals surface area contributed by atoms with Crippen molar-refractivity contribution in [3.8, 4) is 0 Å². The van der Waals surface area contributed by atoms with Crippen LogP contribution in [0.25, 0.3) is 0 Å². The maximum atomic E-state index is 2.16. The second kappa shape index (κ2) is 11.1. The molecule has 0 N–H and O–H groups in total. The van der Waals surface area contributed by atoms with E-state index in [1.165, 1.54) is 22.3 Å². The number of hydrogen-bond donors (Lipinski definition) is 0. The van der Waals surface area contributed by atoms with Gasteiger partial charge in [0.1, 0.15) is 0 Å². The topological polar surface area (TPSA) is 0 Å². The van der Waals surface area contributed by atoms with Crippen molar-refractivity contribution in [2.24, 2.45) is 0 Å². The maximum absolute atomic E-state index is 2.16. The van der Waals surface area contributed by atoms with Crippen molar-refractivity contribution in [2.75, 3.05) is 0 Å². The van der Waals surface area contributed by atoms with E-state index in [4.69, 9.17) is 0 Å². The van der Waals surface area contributed by atoms with Crippen molar-refractivity contribution in [2.45, 2.75) is 27.7 Å². The number of benzene rings is 1. The molecule has 0 aliphatic rings. The summed E-state index contributed by atoms with van der Waals surface area (Å²) in [7, 11) is 0. The number of rotatable bonds is 0. The summed E-state index contributed by atoms with van der Waals surface area (Å²) >= 11 is 0. The minimum atomic E-state index is 0. The summed E-state index contributed by atoms with van der Waals surface area (Å²) in [4.78, 5) is 0. The van der Waals surface area contributed by atoms with E-state index < -0.39 is 0 Å². The van der Waals surface area contributed by atoms with Gasteiger partial charge in [0.05, 0.1) is 0 Å². The van der Waals surface area contributed by atoms with Crippen molar-refractivity contribution in [1.82, 2.24) is 0 Å². The first-order valence-electron chi connectivity index (χ1n) is 6.99. The fraction of sp³-hybridized carbons (Fsp3) is 0.200. The molecule has 0 heterocycles. The van der Waals surface area contributed by atoms with E-state index >= 15 is 0 Å². The van der Waals surface area contributed by atoms with Crippen LogP contribution in [0.4, 0.5) is 0 Å². The van der Waals surface area contributed by atoms with Gasteiger partial charge in [-0.2, -0.15) is 17.7 Å². The summed E-state index contributed by atoms with van der Waals surface area (Å²) in [5.41, 5.74) is 5.53. The Hall–Kier alpha value is -1.56. The standard InChI is InChI=1S/C9H12.C6H7.C5H5.Fe/c1-7-5-4-6-8(2)9(7)3;1-6-4-2-3-5-6;1-2-4-5-3-1;/h4-6H,1-3H3;2-5H,1H3;1-5H;/q;-1;-5;. The Labute approximate surface area is 140 Å². The predicted molar refractivity (Wildman–Crippen MR) is 89.5 cm³/mol. The molecule has 0 aliphatic carbocycles. The van der Waals surface area contributed by atoms with Gasteiger partial charge in [0.25, 0.3) is 0 Å². The largest absolute Gasteiger partial charge is 0.748 e. The molecule has 0 unspecified atom stereocenters. The van der Waals surface area contributed by atoms with Gasteiger partial charge in [0, 0.05) is 17.1 Å². The van der Waals surface area contributed by atoms with E-state index in [0.717, 1.165) is 0 Å². The molecule has 0 fully saturated rings. The maximum Gasteiger partial charge on any atom is 0 e. The van der Waals surface area contributed by atoms with Gasteiger partial charge in [-0.25, -0.2) is 12.1 Å². The quantitative estimate of drug-likeness (QED) is 0.366. The molecule has 1 heteroatoms. The molecule has 21 heavy (non-hydrogen) atoms. The molecule has 3 rings (SSSR count). The number of aryl methyl sites for hydroxylation is 3. The van der Waals surface area contributed by atoms with Gasteiger partial charge in [-0.1, -0.05) is 25.1 Å². The second-order valence-electron chi connectivity index (χ2n) is 4.94. The monoisotopic (exact) mass is 320 g/mol. The average Bonchev–Trinajstić information content (AvgIpc) is 3.12. The average molecular weight is 320 g/mol. The van der Waals surface area contributed by atoms with E-state index in [1.54, 1.807) is 0 Å². The molecule has 0 aliphatic heterocycles. The van der Waals surface area contributed by atoms with Crippen LogP contribution in [0.1, 0.15) is 22.3 Å². The van der Waals surface area contributed by atoms with Crippen LogP contribution in [-0.4, -0.2) is 0 Å². The molecule has 0 amide bonds. The van der Waals surface area contributed by atoms with Crippen LogP contribution in [0.5, 0.6) is 0 Å². The number of hydrogen-bond acceptors (Lipinski definition) is 0. The minimum Gasteiger partial charge on any atom is -0.748 e. The smallest absolute Gasteiger partial charge is 0 e. The van der Waals surface area contributed by atoms with Crippen LogP contribution in [0.3, 0.4) is 0 Å². The minimum absolute atomic E-state index is 0. The third-order valence-corrected chi connectivity index (χ3v) is 3.26. The van der Waals surface area contributed by atoms with Crippen LogP contribution >= 0.6 is 0 Å². The van der Waals surface area contributed by atoms with E-state index in [1.807, 2.05) is 42.5 Å². The molecule has 0 bridgehead atoms. The zero-order chi connectivity index (χ0) is 14.8. The van der Waals surface area contributed by atoms with Gasteiger partial charge in [-0.3, -0.25) is 0 Å². The molecule has 0 spiro atoms. The Kier molecular flexibility index (Phi) is 10.3. The zero-order valence-corrected chi connectivity index (χ0v) is 14.4. The van der Waals surface area contributed by atoms with Gasteiger partial charge in [-0.05, 0) is 37.5 Å². The normalized spacial score (nSPS) is 8.57. The molecule has 118 valence electrons. The van der Waals surface area contributed by atoms with Gasteiger partial charge in [0.2, 0.25) is 0 Å². The first-order chi connectivity index (χ1) is 9.61. The fourth-order valence-corrected chi connectivity index (χ4v) is 1.69. The molecule has 0 nitrogen and oxygen atoms in total. The van der Waals surface area contributed by atoms with Crippen LogP contribution in [-0.2, 0) is 17.1 Å². The fourth-order valence-electron chi connectivity index (χ4n) is 1.69. The van der Waals surface area contributed by atoms with E-state index in [-0.39, 0.29) is 17.1 Å². The van der Waals surface area contributed by atoms with Crippen molar-refractivity contribution in [3.05, 3.63) is 95.1 Å². The summed E-state index contributed by atoms with van der Waals surface area (Å²) in [6, 6.07) is 24.6.